The average Bonchev–Trinajstić information content (AvgIpc) is 3.30. The van der Waals surface area contributed by atoms with Crippen LogP contribution in [-0.4, -0.2) is 39.5 Å². The van der Waals surface area contributed by atoms with Crippen LogP contribution in [0.5, 0.6) is 0 Å². The summed E-state index contributed by atoms with van der Waals surface area (Å²) in [5, 5.41) is 12.5. The number of benzene rings is 1. The van der Waals surface area contributed by atoms with Gasteiger partial charge in [0.15, 0.2) is 0 Å². The first kappa shape index (κ1) is 18.1. The fraction of sp³-hybridized carbons (Fsp3) is 0.500. The Hall–Kier alpha value is -2.28. The number of carbonyl (C=O) groups is 2. The van der Waals surface area contributed by atoms with E-state index in [0.717, 1.165) is 23.4 Å². The minimum absolute atomic E-state index is 0.115. The predicted molar refractivity (Wildman–Crippen MR) is 104 cm³/mol. The largest absolute Gasteiger partial charge is 0.339 e. The maximum Gasteiger partial charge on any atom is 0.231 e. The first-order valence-corrected chi connectivity index (χ1v) is 10.5. The lowest BCUT2D eigenvalue weighted by molar-refractivity contribution is -0.130. The van der Waals surface area contributed by atoms with Crippen molar-refractivity contribution in [2.75, 3.05) is 11.9 Å². The second-order valence-electron chi connectivity index (χ2n) is 7.39. The molecule has 1 atom stereocenters. The Morgan fingerprint density at radius 1 is 1.15 bits per heavy atom. The Labute approximate surface area is 163 Å². The van der Waals surface area contributed by atoms with Crippen LogP contribution in [0.2, 0.25) is 0 Å². The summed E-state index contributed by atoms with van der Waals surface area (Å²) in [4.78, 5) is 26.9. The average molecular weight is 385 g/mol. The lowest BCUT2D eigenvalue weighted by Crippen LogP contribution is -2.38. The molecule has 1 N–H and O–H groups in total. The molecule has 0 radical (unpaired) electrons. The molecule has 1 saturated carbocycles. The fourth-order valence-corrected chi connectivity index (χ4v) is 4.78. The molecule has 0 unspecified atom stereocenters. The van der Waals surface area contributed by atoms with Crippen LogP contribution < -0.4 is 5.32 Å². The van der Waals surface area contributed by atoms with E-state index in [9.17, 15) is 9.59 Å². The smallest absolute Gasteiger partial charge is 0.231 e. The highest BCUT2D eigenvalue weighted by molar-refractivity contribution is 7.15. The Morgan fingerprint density at radius 2 is 1.93 bits per heavy atom. The Morgan fingerprint density at radius 3 is 2.70 bits per heavy atom. The van der Waals surface area contributed by atoms with Crippen LogP contribution in [0.4, 0.5) is 5.13 Å². The van der Waals surface area contributed by atoms with Gasteiger partial charge in [-0.1, -0.05) is 60.9 Å². The zero-order valence-corrected chi connectivity index (χ0v) is 16.1. The summed E-state index contributed by atoms with van der Waals surface area (Å²) in [6, 6.07) is 10.4. The van der Waals surface area contributed by atoms with Crippen molar-refractivity contribution in [3.8, 4) is 0 Å². The standard InChI is InChI=1S/C20H24N4O2S/c25-18-12-15(13-24(18)16-9-5-2-6-10-16)19(26)21-20-23-22-17(27-20)11-14-7-3-1-4-8-14/h1,3-4,7-8,15-16H,2,5-6,9-13H2,(H,21,23,26)/t15-/m1/s1. The van der Waals surface area contributed by atoms with Gasteiger partial charge in [0.1, 0.15) is 5.01 Å². The highest BCUT2D eigenvalue weighted by Gasteiger charge is 2.38. The molecule has 1 saturated heterocycles. The molecular formula is C20H24N4O2S. The third-order valence-corrected chi connectivity index (χ3v) is 6.28. The second-order valence-corrected chi connectivity index (χ2v) is 8.45. The van der Waals surface area contributed by atoms with Crippen molar-refractivity contribution in [2.24, 2.45) is 5.92 Å². The Balaban J connectivity index is 1.33. The molecule has 1 aromatic carbocycles. The number of aromatic nitrogens is 2. The SMILES string of the molecule is O=C(Nc1nnc(Cc2ccccc2)s1)[C@@H]1CC(=O)N(C2CCCCC2)C1. The van der Waals surface area contributed by atoms with E-state index >= 15 is 0 Å². The van der Waals surface area contributed by atoms with Crippen molar-refractivity contribution in [3.05, 3.63) is 40.9 Å². The molecule has 2 aliphatic rings. The molecule has 1 aromatic heterocycles. The molecule has 0 bridgehead atoms. The van der Waals surface area contributed by atoms with Crippen LogP contribution in [0.25, 0.3) is 0 Å². The summed E-state index contributed by atoms with van der Waals surface area (Å²) in [6.07, 6.45) is 6.76. The molecule has 27 heavy (non-hydrogen) atoms. The van der Waals surface area contributed by atoms with Gasteiger partial charge in [-0.2, -0.15) is 0 Å². The molecule has 6 nitrogen and oxygen atoms in total. The molecule has 7 heteroatoms. The van der Waals surface area contributed by atoms with Crippen molar-refractivity contribution in [2.45, 2.75) is 51.0 Å². The topological polar surface area (TPSA) is 75.2 Å². The number of carbonyl (C=O) groups excluding carboxylic acids is 2. The van der Waals surface area contributed by atoms with Crippen LogP contribution >= 0.6 is 11.3 Å². The third kappa shape index (κ3) is 4.35. The van der Waals surface area contributed by atoms with E-state index in [1.54, 1.807) is 0 Å². The second kappa shape index (κ2) is 8.17. The normalized spacial score (nSPS) is 20.8. The fourth-order valence-electron chi connectivity index (χ4n) is 4.01. The van der Waals surface area contributed by atoms with E-state index in [4.69, 9.17) is 0 Å². The number of likely N-dealkylation sites (tertiary alicyclic amines) is 1. The summed E-state index contributed by atoms with van der Waals surface area (Å²) in [5.41, 5.74) is 1.16. The molecule has 1 aliphatic carbocycles. The van der Waals surface area contributed by atoms with Crippen molar-refractivity contribution >= 4 is 28.3 Å². The lowest BCUT2D eigenvalue weighted by atomic mass is 9.94. The van der Waals surface area contributed by atoms with E-state index in [1.165, 1.54) is 30.6 Å². The van der Waals surface area contributed by atoms with Crippen LogP contribution in [0.1, 0.15) is 49.1 Å². The van der Waals surface area contributed by atoms with Gasteiger partial charge in [0.05, 0.1) is 5.92 Å². The van der Waals surface area contributed by atoms with Crippen LogP contribution in [0.3, 0.4) is 0 Å². The van der Waals surface area contributed by atoms with E-state index in [1.807, 2.05) is 35.2 Å². The van der Waals surface area contributed by atoms with Crippen LogP contribution in [0, 0.1) is 5.92 Å². The maximum absolute atomic E-state index is 12.6. The van der Waals surface area contributed by atoms with Crippen LogP contribution in [-0.2, 0) is 16.0 Å². The molecule has 1 aliphatic heterocycles. The van der Waals surface area contributed by atoms with Gasteiger partial charge in [0.25, 0.3) is 0 Å². The lowest BCUT2D eigenvalue weighted by Gasteiger charge is -2.31. The molecular weight excluding hydrogens is 360 g/mol. The highest BCUT2D eigenvalue weighted by atomic mass is 32.1. The zero-order chi connectivity index (χ0) is 18.6. The molecule has 142 valence electrons. The Kier molecular flexibility index (Phi) is 5.48. The van der Waals surface area contributed by atoms with Crippen molar-refractivity contribution in [3.63, 3.8) is 0 Å². The van der Waals surface area contributed by atoms with Crippen molar-refractivity contribution in [1.82, 2.24) is 15.1 Å². The van der Waals surface area contributed by atoms with Gasteiger partial charge in [-0.15, -0.1) is 10.2 Å². The summed E-state index contributed by atoms with van der Waals surface area (Å²) in [7, 11) is 0. The third-order valence-electron chi connectivity index (χ3n) is 5.44. The van der Waals surface area contributed by atoms with Gasteiger partial charge in [-0.05, 0) is 18.4 Å². The molecule has 2 aromatic rings. The monoisotopic (exact) mass is 384 g/mol. The molecule has 2 heterocycles. The number of amides is 2. The summed E-state index contributed by atoms with van der Waals surface area (Å²) < 4.78 is 0. The minimum Gasteiger partial charge on any atom is -0.339 e. The molecule has 2 fully saturated rings. The number of hydrogen-bond donors (Lipinski definition) is 1. The quantitative estimate of drug-likeness (QED) is 0.859. The number of rotatable bonds is 5. The van der Waals surface area contributed by atoms with Gasteiger partial charge in [-0.3, -0.25) is 9.59 Å². The van der Waals surface area contributed by atoms with Gasteiger partial charge in [0, 0.05) is 25.4 Å². The number of nitrogens with zero attached hydrogens (tertiary/aromatic N) is 3. The highest BCUT2D eigenvalue weighted by Crippen LogP contribution is 2.29. The summed E-state index contributed by atoms with van der Waals surface area (Å²) in [5.74, 6) is -0.297. The van der Waals surface area contributed by atoms with E-state index in [2.05, 4.69) is 15.5 Å². The maximum atomic E-state index is 12.6. The summed E-state index contributed by atoms with van der Waals surface area (Å²) in [6.45, 7) is 0.533. The Bertz CT molecular complexity index is 801. The molecule has 4 rings (SSSR count). The predicted octanol–water partition coefficient (Wildman–Crippen LogP) is 3.25. The van der Waals surface area contributed by atoms with Crippen molar-refractivity contribution < 1.29 is 9.59 Å². The minimum atomic E-state index is -0.291. The van der Waals surface area contributed by atoms with E-state index in [-0.39, 0.29) is 17.7 Å². The van der Waals surface area contributed by atoms with Crippen molar-refractivity contribution in [1.29, 1.82) is 0 Å². The summed E-state index contributed by atoms with van der Waals surface area (Å²) >= 11 is 1.39. The number of nitrogens with one attached hydrogen (secondary N) is 1. The van der Waals surface area contributed by atoms with Gasteiger partial charge >= 0.3 is 0 Å². The number of hydrogen-bond acceptors (Lipinski definition) is 5. The van der Waals surface area contributed by atoms with E-state index in [0.29, 0.717) is 30.6 Å². The van der Waals surface area contributed by atoms with E-state index < -0.39 is 0 Å². The number of anilines is 1. The van der Waals surface area contributed by atoms with Gasteiger partial charge in [0.2, 0.25) is 16.9 Å². The molecule has 2 amide bonds. The first-order chi connectivity index (χ1) is 13.2. The zero-order valence-electron chi connectivity index (χ0n) is 15.3. The van der Waals surface area contributed by atoms with Gasteiger partial charge < -0.3 is 10.2 Å². The van der Waals surface area contributed by atoms with Gasteiger partial charge in [-0.25, -0.2) is 0 Å². The van der Waals surface area contributed by atoms with Crippen LogP contribution in [0.15, 0.2) is 30.3 Å². The first-order valence-electron chi connectivity index (χ1n) is 9.65. The molecule has 0 spiro atoms.